The van der Waals surface area contributed by atoms with Crippen LogP contribution in [0.25, 0.3) is 6.08 Å². The highest BCUT2D eigenvalue weighted by Crippen LogP contribution is 2.33. The maximum absolute atomic E-state index is 12.8. The minimum atomic E-state index is -0.577. The Labute approximate surface area is 178 Å². The zero-order valence-corrected chi connectivity index (χ0v) is 16.3. The summed E-state index contributed by atoms with van der Waals surface area (Å²) in [6.45, 7) is 0.143. The van der Waals surface area contributed by atoms with Crippen LogP contribution in [0, 0.1) is 0 Å². The number of hydrogen-bond acceptors (Lipinski definition) is 6. The van der Waals surface area contributed by atoms with Crippen molar-refractivity contribution in [2.24, 2.45) is 5.10 Å². The number of nitrogens with zero attached hydrogens (tertiary/aromatic N) is 2. The normalized spacial score (nSPS) is 12.6. The molecule has 154 valence electrons. The molecule has 1 aliphatic heterocycles. The van der Waals surface area contributed by atoms with Gasteiger partial charge in [-0.05, 0) is 53.6 Å². The standard InChI is InChI=1S/C23H18N4O4/c28-22(18-4-2-1-3-5-18)26-19(12-17-6-7-20-21(13-17)31-15-30-20)23(29)27-25-14-16-8-10-24-11-9-16/h1-14H,15H2,(H,26,28)(H,27,29)/b19-12+,25-14-. The second kappa shape index (κ2) is 9.36. The molecule has 2 amide bonds. The van der Waals surface area contributed by atoms with E-state index in [0.717, 1.165) is 5.56 Å². The molecule has 2 N–H and O–H groups in total. The molecule has 0 fully saturated rings. The number of hydrogen-bond donors (Lipinski definition) is 2. The maximum atomic E-state index is 12.8. The molecule has 0 spiro atoms. The van der Waals surface area contributed by atoms with Crippen LogP contribution in [-0.2, 0) is 4.79 Å². The summed E-state index contributed by atoms with van der Waals surface area (Å²) in [5.74, 6) is 0.199. The van der Waals surface area contributed by atoms with Crippen LogP contribution in [0.5, 0.6) is 11.5 Å². The quantitative estimate of drug-likeness (QED) is 0.367. The first kappa shape index (κ1) is 19.8. The highest BCUT2D eigenvalue weighted by atomic mass is 16.7. The molecule has 1 aromatic heterocycles. The van der Waals surface area contributed by atoms with Gasteiger partial charge in [0.15, 0.2) is 11.5 Å². The van der Waals surface area contributed by atoms with Gasteiger partial charge in [0.1, 0.15) is 5.70 Å². The van der Waals surface area contributed by atoms with Crippen LogP contribution in [-0.4, -0.2) is 29.8 Å². The minimum Gasteiger partial charge on any atom is -0.454 e. The number of nitrogens with one attached hydrogen (secondary N) is 2. The second-order valence-electron chi connectivity index (χ2n) is 6.47. The minimum absolute atomic E-state index is 0.0274. The van der Waals surface area contributed by atoms with Crippen LogP contribution in [0.1, 0.15) is 21.5 Å². The molecule has 8 nitrogen and oxygen atoms in total. The van der Waals surface area contributed by atoms with Gasteiger partial charge in [0.2, 0.25) is 6.79 Å². The van der Waals surface area contributed by atoms with Crippen molar-refractivity contribution in [3.05, 3.63) is 95.4 Å². The molecule has 0 saturated carbocycles. The third-order valence-corrected chi connectivity index (χ3v) is 4.32. The van der Waals surface area contributed by atoms with Gasteiger partial charge < -0.3 is 14.8 Å². The number of aromatic nitrogens is 1. The molecule has 3 aromatic rings. The van der Waals surface area contributed by atoms with Crippen molar-refractivity contribution in [1.29, 1.82) is 0 Å². The second-order valence-corrected chi connectivity index (χ2v) is 6.47. The summed E-state index contributed by atoms with van der Waals surface area (Å²) in [7, 11) is 0. The predicted octanol–water partition coefficient (Wildman–Crippen LogP) is 2.73. The summed E-state index contributed by atoms with van der Waals surface area (Å²) in [4.78, 5) is 29.3. The van der Waals surface area contributed by atoms with Gasteiger partial charge in [-0.25, -0.2) is 5.43 Å². The Morgan fingerprint density at radius 3 is 2.52 bits per heavy atom. The van der Waals surface area contributed by atoms with E-state index in [1.54, 1.807) is 79.1 Å². The molecule has 1 aliphatic rings. The fourth-order valence-electron chi connectivity index (χ4n) is 2.79. The van der Waals surface area contributed by atoms with E-state index in [4.69, 9.17) is 9.47 Å². The van der Waals surface area contributed by atoms with Gasteiger partial charge in [0.05, 0.1) is 6.21 Å². The lowest BCUT2D eigenvalue weighted by Crippen LogP contribution is -2.32. The van der Waals surface area contributed by atoms with Gasteiger partial charge in [0.25, 0.3) is 11.8 Å². The van der Waals surface area contributed by atoms with Crippen molar-refractivity contribution >= 4 is 24.1 Å². The van der Waals surface area contributed by atoms with E-state index < -0.39 is 11.8 Å². The number of amides is 2. The average Bonchev–Trinajstić information content (AvgIpc) is 3.28. The molecule has 0 bridgehead atoms. The summed E-state index contributed by atoms with van der Waals surface area (Å²) in [5, 5.41) is 6.60. The first-order valence-electron chi connectivity index (χ1n) is 9.40. The number of carbonyl (C=O) groups is 2. The molecule has 2 heterocycles. The largest absolute Gasteiger partial charge is 0.454 e. The number of ether oxygens (including phenoxy) is 2. The smallest absolute Gasteiger partial charge is 0.287 e. The molecule has 8 heteroatoms. The molecule has 0 aliphatic carbocycles. The first-order chi connectivity index (χ1) is 15.2. The first-order valence-corrected chi connectivity index (χ1v) is 9.40. The summed E-state index contributed by atoms with van der Waals surface area (Å²) in [6.07, 6.45) is 6.26. The lowest BCUT2D eigenvalue weighted by Gasteiger charge is -2.09. The predicted molar refractivity (Wildman–Crippen MR) is 114 cm³/mol. The van der Waals surface area contributed by atoms with Gasteiger partial charge >= 0.3 is 0 Å². The van der Waals surface area contributed by atoms with Crippen molar-refractivity contribution in [1.82, 2.24) is 15.7 Å². The van der Waals surface area contributed by atoms with E-state index in [1.807, 2.05) is 0 Å². The van der Waals surface area contributed by atoms with E-state index in [2.05, 4.69) is 20.8 Å². The Balaban J connectivity index is 1.56. The fourth-order valence-corrected chi connectivity index (χ4v) is 2.79. The van der Waals surface area contributed by atoms with Crippen LogP contribution < -0.4 is 20.2 Å². The Bertz CT molecular complexity index is 1140. The molecule has 0 saturated heterocycles. The zero-order chi connectivity index (χ0) is 21.5. The summed E-state index contributed by atoms with van der Waals surface area (Å²) < 4.78 is 10.7. The Morgan fingerprint density at radius 2 is 1.71 bits per heavy atom. The van der Waals surface area contributed by atoms with E-state index in [0.29, 0.717) is 22.6 Å². The SMILES string of the molecule is O=C(N/N=C\c1ccncc1)/C(=C\c1ccc2c(c1)OCO2)NC(=O)c1ccccc1. The fraction of sp³-hybridized carbons (Fsp3) is 0.0435. The number of hydrazone groups is 1. The molecule has 2 aromatic carbocycles. The molecular formula is C23H18N4O4. The highest BCUT2D eigenvalue weighted by molar-refractivity contribution is 6.05. The monoisotopic (exact) mass is 414 g/mol. The van der Waals surface area contributed by atoms with Crippen LogP contribution >= 0.6 is 0 Å². The maximum Gasteiger partial charge on any atom is 0.287 e. The van der Waals surface area contributed by atoms with Gasteiger partial charge in [-0.3, -0.25) is 14.6 Å². The van der Waals surface area contributed by atoms with Gasteiger partial charge in [-0.1, -0.05) is 24.3 Å². The van der Waals surface area contributed by atoms with Crippen molar-refractivity contribution < 1.29 is 19.1 Å². The topological polar surface area (TPSA) is 102 Å². The van der Waals surface area contributed by atoms with Crippen molar-refractivity contribution in [2.75, 3.05) is 6.79 Å². The molecule has 0 radical (unpaired) electrons. The van der Waals surface area contributed by atoms with Crippen LogP contribution in [0.4, 0.5) is 0 Å². The van der Waals surface area contributed by atoms with E-state index in [-0.39, 0.29) is 12.5 Å². The zero-order valence-electron chi connectivity index (χ0n) is 16.3. The van der Waals surface area contributed by atoms with E-state index in [9.17, 15) is 9.59 Å². The molecular weight excluding hydrogens is 396 g/mol. The number of fused-ring (bicyclic) bond motifs is 1. The molecule has 31 heavy (non-hydrogen) atoms. The van der Waals surface area contributed by atoms with Crippen LogP contribution in [0.15, 0.2) is 83.9 Å². The third-order valence-electron chi connectivity index (χ3n) is 4.32. The van der Waals surface area contributed by atoms with Crippen LogP contribution in [0.2, 0.25) is 0 Å². The van der Waals surface area contributed by atoms with Gasteiger partial charge in [-0.15, -0.1) is 0 Å². The number of rotatable bonds is 6. The Morgan fingerprint density at radius 1 is 0.935 bits per heavy atom. The van der Waals surface area contributed by atoms with Gasteiger partial charge in [-0.2, -0.15) is 5.10 Å². The summed E-state index contributed by atoms with van der Waals surface area (Å²) >= 11 is 0. The number of pyridine rings is 1. The van der Waals surface area contributed by atoms with E-state index >= 15 is 0 Å². The average molecular weight is 414 g/mol. The van der Waals surface area contributed by atoms with Crippen molar-refractivity contribution in [3.8, 4) is 11.5 Å². The summed E-state index contributed by atoms with van der Waals surface area (Å²) in [6, 6.07) is 17.3. The third kappa shape index (κ3) is 5.13. The highest BCUT2D eigenvalue weighted by Gasteiger charge is 2.16. The van der Waals surface area contributed by atoms with Gasteiger partial charge in [0, 0.05) is 18.0 Å². The van der Waals surface area contributed by atoms with Crippen molar-refractivity contribution in [3.63, 3.8) is 0 Å². The van der Waals surface area contributed by atoms with Crippen LogP contribution in [0.3, 0.4) is 0 Å². The van der Waals surface area contributed by atoms with Crippen molar-refractivity contribution in [2.45, 2.75) is 0 Å². The number of carbonyl (C=O) groups excluding carboxylic acids is 2. The molecule has 0 unspecified atom stereocenters. The molecule has 0 atom stereocenters. The lowest BCUT2D eigenvalue weighted by atomic mass is 10.1. The lowest BCUT2D eigenvalue weighted by molar-refractivity contribution is -0.117. The molecule has 4 rings (SSSR count). The summed E-state index contributed by atoms with van der Waals surface area (Å²) in [5.41, 5.74) is 4.30. The Kier molecular flexibility index (Phi) is 5.99. The number of benzene rings is 2. The van der Waals surface area contributed by atoms with E-state index in [1.165, 1.54) is 6.21 Å². The Hall–Kier alpha value is -4.46.